The quantitative estimate of drug-likeness (QED) is 0.584. The van der Waals surface area contributed by atoms with Crippen molar-refractivity contribution in [1.29, 1.82) is 0 Å². The smallest absolute Gasteiger partial charge is 0.404 e. The predicted molar refractivity (Wildman–Crippen MR) is 42.1 cm³/mol. The predicted octanol–water partition coefficient (Wildman–Crippen LogP) is 1.58. The Labute approximate surface area is 66.2 Å². The molecular formula is C8H13NO2. The highest BCUT2D eigenvalue weighted by atomic mass is 16.6. The van der Waals surface area contributed by atoms with Crippen molar-refractivity contribution in [2.75, 3.05) is 0 Å². The highest BCUT2D eigenvalue weighted by Gasteiger charge is 2.17. The summed E-state index contributed by atoms with van der Waals surface area (Å²) in [6.45, 7) is 3.86. The van der Waals surface area contributed by atoms with Crippen molar-refractivity contribution in [3.8, 4) is 0 Å². The lowest BCUT2D eigenvalue weighted by atomic mass is 9.94. The van der Waals surface area contributed by atoms with Gasteiger partial charge in [-0.3, -0.25) is 0 Å². The van der Waals surface area contributed by atoms with Crippen LogP contribution in [-0.4, -0.2) is 12.2 Å². The maximum atomic E-state index is 10.3. The standard InChI is InChI=1S/C8H13NO2/c1-6-2-4-7(5-3-6)11-8(9)10/h7H,1-5H2,(H2,9,10). The van der Waals surface area contributed by atoms with Gasteiger partial charge in [0.15, 0.2) is 0 Å². The third-order valence-corrected chi connectivity index (χ3v) is 1.92. The number of hydrogen-bond donors (Lipinski definition) is 1. The van der Waals surface area contributed by atoms with Gasteiger partial charge in [0.05, 0.1) is 0 Å². The summed E-state index contributed by atoms with van der Waals surface area (Å²) in [4.78, 5) is 10.3. The molecule has 0 heterocycles. The van der Waals surface area contributed by atoms with Crippen molar-refractivity contribution >= 4 is 6.09 Å². The molecule has 0 spiro atoms. The lowest BCUT2D eigenvalue weighted by molar-refractivity contribution is 0.0900. The molecule has 3 nitrogen and oxygen atoms in total. The topological polar surface area (TPSA) is 52.3 Å². The molecule has 1 rings (SSSR count). The summed E-state index contributed by atoms with van der Waals surface area (Å²) in [6, 6.07) is 0. The van der Waals surface area contributed by atoms with Crippen molar-refractivity contribution < 1.29 is 9.53 Å². The Balaban J connectivity index is 2.28. The van der Waals surface area contributed by atoms with Crippen LogP contribution in [0.1, 0.15) is 25.7 Å². The van der Waals surface area contributed by atoms with Gasteiger partial charge in [-0.1, -0.05) is 12.2 Å². The van der Waals surface area contributed by atoms with Gasteiger partial charge in [-0.15, -0.1) is 0 Å². The van der Waals surface area contributed by atoms with Crippen LogP contribution >= 0.6 is 0 Å². The third kappa shape index (κ3) is 2.62. The van der Waals surface area contributed by atoms with Crippen molar-refractivity contribution in [1.82, 2.24) is 0 Å². The van der Waals surface area contributed by atoms with Crippen LogP contribution in [0, 0.1) is 0 Å². The second-order valence-electron chi connectivity index (χ2n) is 2.89. The normalized spacial score (nSPS) is 19.8. The number of amides is 1. The van der Waals surface area contributed by atoms with E-state index in [1.54, 1.807) is 0 Å². The Morgan fingerprint density at radius 2 is 2.09 bits per heavy atom. The second-order valence-corrected chi connectivity index (χ2v) is 2.89. The summed E-state index contributed by atoms with van der Waals surface area (Å²) in [5.41, 5.74) is 6.12. The molecule has 1 amide bonds. The Morgan fingerprint density at radius 3 is 2.55 bits per heavy atom. The van der Waals surface area contributed by atoms with E-state index >= 15 is 0 Å². The van der Waals surface area contributed by atoms with Gasteiger partial charge >= 0.3 is 6.09 Å². The molecule has 0 aromatic carbocycles. The van der Waals surface area contributed by atoms with E-state index in [9.17, 15) is 4.79 Å². The minimum absolute atomic E-state index is 0.0259. The first-order chi connectivity index (χ1) is 5.18. The van der Waals surface area contributed by atoms with Crippen LogP contribution in [-0.2, 0) is 4.74 Å². The molecule has 0 aliphatic heterocycles. The highest BCUT2D eigenvalue weighted by molar-refractivity contribution is 5.64. The Morgan fingerprint density at radius 1 is 1.55 bits per heavy atom. The molecule has 0 radical (unpaired) electrons. The maximum absolute atomic E-state index is 10.3. The molecule has 2 N–H and O–H groups in total. The number of rotatable bonds is 1. The van der Waals surface area contributed by atoms with E-state index in [0.717, 1.165) is 25.7 Å². The molecule has 1 saturated carbocycles. The number of hydrogen-bond acceptors (Lipinski definition) is 2. The van der Waals surface area contributed by atoms with Gasteiger partial charge in [0.2, 0.25) is 0 Å². The summed E-state index contributed by atoms with van der Waals surface area (Å²) in [7, 11) is 0. The Kier molecular flexibility index (Phi) is 2.52. The van der Waals surface area contributed by atoms with Crippen molar-refractivity contribution in [3.63, 3.8) is 0 Å². The van der Waals surface area contributed by atoms with E-state index in [0.29, 0.717) is 0 Å². The molecule has 1 aliphatic carbocycles. The van der Waals surface area contributed by atoms with Crippen LogP contribution in [0.25, 0.3) is 0 Å². The summed E-state index contributed by atoms with van der Waals surface area (Å²) in [6.07, 6.45) is 3.03. The van der Waals surface area contributed by atoms with E-state index in [-0.39, 0.29) is 6.10 Å². The first kappa shape index (κ1) is 8.11. The SMILES string of the molecule is C=C1CCC(OC(N)=O)CC1. The number of allylic oxidation sites excluding steroid dienone is 1. The molecule has 0 aromatic rings. The lowest BCUT2D eigenvalue weighted by Crippen LogP contribution is -2.24. The molecule has 1 aliphatic rings. The zero-order valence-corrected chi connectivity index (χ0v) is 6.51. The highest BCUT2D eigenvalue weighted by Crippen LogP contribution is 2.23. The molecular weight excluding hydrogens is 142 g/mol. The van der Waals surface area contributed by atoms with Crippen LogP contribution in [0.5, 0.6) is 0 Å². The summed E-state index contributed by atoms with van der Waals surface area (Å²) < 4.78 is 4.84. The Bertz CT molecular complexity index is 167. The fourth-order valence-corrected chi connectivity index (χ4v) is 1.28. The Hall–Kier alpha value is -0.990. The van der Waals surface area contributed by atoms with Crippen LogP contribution < -0.4 is 5.73 Å². The number of nitrogens with two attached hydrogens (primary N) is 1. The molecule has 62 valence electrons. The minimum Gasteiger partial charge on any atom is -0.446 e. The van der Waals surface area contributed by atoms with Gasteiger partial charge in [-0.05, 0) is 25.7 Å². The molecule has 0 aromatic heterocycles. The minimum atomic E-state index is -0.664. The van der Waals surface area contributed by atoms with Crippen LogP contribution in [0.15, 0.2) is 12.2 Å². The number of carbonyl (C=O) groups excluding carboxylic acids is 1. The number of primary amides is 1. The summed E-state index contributed by atoms with van der Waals surface area (Å²) >= 11 is 0. The molecule has 11 heavy (non-hydrogen) atoms. The van der Waals surface area contributed by atoms with Crippen molar-refractivity contribution in [2.45, 2.75) is 31.8 Å². The second kappa shape index (κ2) is 3.42. The van der Waals surface area contributed by atoms with Crippen LogP contribution in [0.4, 0.5) is 4.79 Å². The van der Waals surface area contributed by atoms with Crippen molar-refractivity contribution in [3.05, 3.63) is 12.2 Å². The lowest BCUT2D eigenvalue weighted by Gasteiger charge is -2.22. The zero-order chi connectivity index (χ0) is 8.27. The van der Waals surface area contributed by atoms with E-state index in [4.69, 9.17) is 10.5 Å². The summed E-state index contributed by atoms with van der Waals surface area (Å²) in [5, 5.41) is 0. The van der Waals surface area contributed by atoms with Gasteiger partial charge in [0, 0.05) is 0 Å². The molecule has 0 bridgehead atoms. The van der Waals surface area contributed by atoms with Gasteiger partial charge in [0.1, 0.15) is 6.10 Å². The third-order valence-electron chi connectivity index (χ3n) is 1.92. The summed E-state index contributed by atoms with van der Waals surface area (Å²) in [5.74, 6) is 0. The number of ether oxygens (including phenoxy) is 1. The van der Waals surface area contributed by atoms with E-state index in [2.05, 4.69) is 6.58 Å². The van der Waals surface area contributed by atoms with E-state index < -0.39 is 6.09 Å². The van der Waals surface area contributed by atoms with Gasteiger partial charge in [0.25, 0.3) is 0 Å². The van der Waals surface area contributed by atoms with E-state index in [1.165, 1.54) is 5.57 Å². The molecule has 0 atom stereocenters. The first-order valence-electron chi connectivity index (χ1n) is 3.81. The largest absolute Gasteiger partial charge is 0.446 e. The molecule has 3 heteroatoms. The molecule has 0 saturated heterocycles. The fraction of sp³-hybridized carbons (Fsp3) is 0.625. The molecule has 1 fully saturated rings. The van der Waals surface area contributed by atoms with Crippen LogP contribution in [0.2, 0.25) is 0 Å². The average Bonchev–Trinajstić information content (AvgIpc) is 1.93. The van der Waals surface area contributed by atoms with Crippen LogP contribution in [0.3, 0.4) is 0 Å². The monoisotopic (exact) mass is 155 g/mol. The van der Waals surface area contributed by atoms with E-state index in [1.807, 2.05) is 0 Å². The van der Waals surface area contributed by atoms with Crippen molar-refractivity contribution in [2.24, 2.45) is 5.73 Å². The zero-order valence-electron chi connectivity index (χ0n) is 6.51. The van der Waals surface area contributed by atoms with Gasteiger partial charge < -0.3 is 10.5 Å². The van der Waals surface area contributed by atoms with Gasteiger partial charge in [-0.25, -0.2) is 4.79 Å². The average molecular weight is 155 g/mol. The first-order valence-corrected chi connectivity index (χ1v) is 3.81. The number of carbonyl (C=O) groups is 1. The maximum Gasteiger partial charge on any atom is 0.404 e. The fourth-order valence-electron chi connectivity index (χ4n) is 1.28. The van der Waals surface area contributed by atoms with Gasteiger partial charge in [-0.2, -0.15) is 0 Å². The molecule has 0 unspecified atom stereocenters.